The van der Waals surface area contributed by atoms with Crippen LogP contribution < -0.4 is 5.32 Å². The maximum absolute atomic E-state index is 12.7. The molecule has 1 N–H and O–H groups in total. The van der Waals surface area contributed by atoms with Gasteiger partial charge in [-0.1, -0.05) is 12.1 Å². The van der Waals surface area contributed by atoms with Gasteiger partial charge in [0, 0.05) is 10.6 Å². The Morgan fingerprint density at radius 2 is 1.92 bits per heavy atom. The SMILES string of the molecule is C[C@H](Sc1cccc(C(F)(F)F)c1)C(=O)Nc1cccc(C#N)c1. The minimum atomic E-state index is -4.42. The molecule has 0 bridgehead atoms. The molecule has 0 spiro atoms. The maximum atomic E-state index is 12.7. The zero-order chi connectivity index (χ0) is 17.7. The normalized spacial score (nSPS) is 12.3. The van der Waals surface area contributed by atoms with Gasteiger partial charge in [-0.3, -0.25) is 4.79 Å². The predicted molar refractivity (Wildman–Crippen MR) is 86.5 cm³/mol. The van der Waals surface area contributed by atoms with E-state index in [0.29, 0.717) is 16.1 Å². The van der Waals surface area contributed by atoms with E-state index in [1.165, 1.54) is 18.2 Å². The van der Waals surface area contributed by atoms with Gasteiger partial charge in [-0.25, -0.2) is 0 Å². The number of rotatable bonds is 4. The second-order valence-electron chi connectivity index (χ2n) is 4.97. The summed E-state index contributed by atoms with van der Waals surface area (Å²) in [4.78, 5) is 12.5. The molecule has 0 aliphatic carbocycles. The standard InChI is InChI=1S/C17H13F3N2OS/c1-11(16(23)22-14-6-2-4-12(8-14)10-21)24-15-7-3-5-13(9-15)17(18,19)20/h2-9,11H,1H3,(H,22,23)/t11-/m0/s1. The topological polar surface area (TPSA) is 52.9 Å². The Labute approximate surface area is 141 Å². The van der Waals surface area contributed by atoms with Crippen molar-refractivity contribution in [3.05, 3.63) is 59.7 Å². The fourth-order valence-electron chi connectivity index (χ4n) is 1.91. The molecule has 24 heavy (non-hydrogen) atoms. The number of alkyl halides is 3. The van der Waals surface area contributed by atoms with E-state index >= 15 is 0 Å². The Morgan fingerprint density at radius 3 is 2.58 bits per heavy atom. The lowest BCUT2D eigenvalue weighted by Crippen LogP contribution is -2.22. The number of carbonyl (C=O) groups excluding carboxylic acids is 1. The zero-order valence-electron chi connectivity index (χ0n) is 12.6. The molecule has 0 saturated carbocycles. The Bertz CT molecular complexity index is 784. The number of thioether (sulfide) groups is 1. The zero-order valence-corrected chi connectivity index (χ0v) is 13.4. The van der Waals surface area contributed by atoms with Crippen LogP contribution in [0.1, 0.15) is 18.1 Å². The number of hydrogen-bond acceptors (Lipinski definition) is 3. The van der Waals surface area contributed by atoms with Crippen LogP contribution in [0.3, 0.4) is 0 Å². The average Bonchev–Trinajstić information content (AvgIpc) is 2.54. The van der Waals surface area contributed by atoms with Crippen molar-refractivity contribution in [3.8, 4) is 6.07 Å². The maximum Gasteiger partial charge on any atom is 0.416 e. The molecule has 2 rings (SSSR count). The van der Waals surface area contributed by atoms with Crippen LogP contribution in [0.25, 0.3) is 0 Å². The Morgan fingerprint density at radius 1 is 1.21 bits per heavy atom. The minimum absolute atomic E-state index is 0.354. The highest BCUT2D eigenvalue weighted by atomic mass is 32.2. The van der Waals surface area contributed by atoms with E-state index in [0.717, 1.165) is 23.9 Å². The first-order chi connectivity index (χ1) is 11.3. The highest BCUT2D eigenvalue weighted by Crippen LogP contribution is 2.33. The first-order valence-corrected chi connectivity index (χ1v) is 7.82. The molecular weight excluding hydrogens is 337 g/mol. The van der Waals surface area contributed by atoms with Crippen LogP contribution >= 0.6 is 11.8 Å². The molecule has 0 aromatic heterocycles. The molecule has 1 amide bonds. The van der Waals surface area contributed by atoms with Crippen LogP contribution in [0.2, 0.25) is 0 Å². The van der Waals surface area contributed by atoms with Crippen molar-refractivity contribution in [2.24, 2.45) is 0 Å². The number of carbonyl (C=O) groups is 1. The molecule has 0 aliphatic rings. The molecule has 0 fully saturated rings. The van der Waals surface area contributed by atoms with Gasteiger partial charge in [0.15, 0.2) is 0 Å². The van der Waals surface area contributed by atoms with Gasteiger partial charge in [-0.15, -0.1) is 11.8 Å². The molecule has 2 aromatic rings. The summed E-state index contributed by atoms with van der Waals surface area (Å²) in [5.74, 6) is -0.354. The van der Waals surface area contributed by atoms with E-state index in [-0.39, 0.29) is 5.91 Å². The van der Waals surface area contributed by atoms with Crippen LogP contribution in [0.4, 0.5) is 18.9 Å². The number of benzene rings is 2. The van der Waals surface area contributed by atoms with E-state index in [4.69, 9.17) is 5.26 Å². The summed E-state index contributed by atoms with van der Waals surface area (Å²) in [6.45, 7) is 1.61. The molecular formula is C17H13F3N2OS. The van der Waals surface area contributed by atoms with Crippen LogP contribution in [-0.4, -0.2) is 11.2 Å². The monoisotopic (exact) mass is 350 g/mol. The van der Waals surface area contributed by atoms with Gasteiger partial charge in [-0.05, 0) is 43.3 Å². The summed E-state index contributed by atoms with van der Waals surface area (Å²) in [6.07, 6.45) is -4.42. The molecule has 2 aromatic carbocycles. The number of halogens is 3. The molecule has 0 aliphatic heterocycles. The first-order valence-electron chi connectivity index (χ1n) is 6.94. The highest BCUT2D eigenvalue weighted by molar-refractivity contribution is 8.00. The van der Waals surface area contributed by atoms with Crippen LogP contribution in [-0.2, 0) is 11.0 Å². The number of hydrogen-bond donors (Lipinski definition) is 1. The summed E-state index contributed by atoms with van der Waals surface area (Å²) < 4.78 is 38.1. The van der Waals surface area contributed by atoms with Gasteiger partial charge in [0.25, 0.3) is 0 Å². The van der Waals surface area contributed by atoms with Gasteiger partial charge in [0.1, 0.15) is 0 Å². The largest absolute Gasteiger partial charge is 0.416 e. The fourth-order valence-corrected chi connectivity index (χ4v) is 2.84. The average molecular weight is 350 g/mol. The quantitative estimate of drug-likeness (QED) is 0.814. The molecule has 3 nitrogen and oxygen atoms in total. The summed E-state index contributed by atoms with van der Waals surface area (Å²) in [5.41, 5.74) is 0.128. The van der Waals surface area contributed by atoms with Gasteiger partial charge in [-0.2, -0.15) is 18.4 Å². The van der Waals surface area contributed by atoms with E-state index in [2.05, 4.69) is 5.32 Å². The van der Waals surface area contributed by atoms with Crippen molar-refractivity contribution in [2.45, 2.75) is 23.2 Å². The van der Waals surface area contributed by atoms with Crippen molar-refractivity contribution < 1.29 is 18.0 Å². The second kappa shape index (κ2) is 7.41. The number of nitrogens with zero attached hydrogens (tertiary/aromatic N) is 1. The Balaban J connectivity index is 2.05. The van der Waals surface area contributed by atoms with E-state index < -0.39 is 17.0 Å². The molecule has 0 heterocycles. The molecule has 0 saturated heterocycles. The summed E-state index contributed by atoms with van der Waals surface area (Å²) in [6, 6.07) is 13.2. The fraction of sp³-hybridized carbons (Fsp3) is 0.176. The number of amides is 1. The lowest BCUT2D eigenvalue weighted by Gasteiger charge is -2.13. The molecule has 124 valence electrons. The van der Waals surface area contributed by atoms with Crippen LogP contribution in [0, 0.1) is 11.3 Å². The number of nitriles is 1. The van der Waals surface area contributed by atoms with E-state index in [1.54, 1.807) is 25.1 Å². The minimum Gasteiger partial charge on any atom is -0.325 e. The lowest BCUT2D eigenvalue weighted by atomic mass is 10.2. The number of nitrogens with one attached hydrogen (secondary N) is 1. The van der Waals surface area contributed by atoms with Crippen molar-refractivity contribution in [1.29, 1.82) is 5.26 Å². The first kappa shape index (κ1) is 17.9. The van der Waals surface area contributed by atoms with E-state index in [9.17, 15) is 18.0 Å². The van der Waals surface area contributed by atoms with Crippen LogP contribution in [0.15, 0.2) is 53.4 Å². The summed E-state index contributed by atoms with van der Waals surface area (Å²) in [7, 11) is 0. The smallest absolute Gasteiger partial charge is 0.325 e. The van der Waals surface area contributed by atoms with Crippen molar-refractivity contribution in [2.75, 3.05) is 5.32 Å². The third-order valence-electron chi connectivity index (χ3n) is 3.10. The van der Waals surface area contributed by atoms with Gasteiger partial charge < -0.3 is 5.32 Å². The Kier molecular flexibility index (Phi) is 5.52. The van der Waals surface area contributed by atoms with Crippen molar-refractivity contribution in [3.63, 3.8) is 0 Å². The molecule has 0 radical (unpaired) electrons. The van der Waals surface area contributed by atoms with Gasteiger partial charge >= 0.3 is 6.18 Å². The molecule has 0 unspecified atom stereocenters. The molecule has 1 atom stereocenters. The molecule has 7 heteroatoms. The summed E-state index contributed by atoms with van der Waals surface area (Å²) in [5, 5.41) is 10.9. The van der Waals surface area contributed by atoms with Crippen LogP contribution in [0.5, 0.6) is 0 Å². The lowest BCUT2D eigenvalue weighted by molar-refractivity contribution is -0.137. The van der Waals surface area contributed by atoms with E-state index in [1.807, 2.05) is 6.07 Å². The highest BCUT2D eigenvalue weighted by Gasteiger charge is 2.30. The van der Waals surface area contributed by atoms with Gasteiger partial charge in [0.2, 0.25) is 5.91 Å². The van der Waals surface area contributed by atoms with Gasteiger partial charge in [0.05, 0.1) is 22.4 Å². The second-order valence-corrected chi connectivity index (χ2v) is 6.38. The predicted octanol–water partition coefficient (Wildman–Crippen LogP) is 4.70. The third-order valence-corrected chi connectivity index (χ3v) is 4.20. The van der Waals surface area contributed by atoms with Crippen molar-refractivity contribution >= 4 is 23.4 Å². The summed E-state index contributed by atoms with van der Waals surface area (Å²) >= 11 is 1.03. The third kappa shape index (κ3) is 4.77. The number of anilines is 1. The van der Waals surface area contributed by atoms with Crippen molar-refractivity contribution in [1.82, 2.24) is 0 Å². The Hall–Kier alpha value is -2.46.